The lowest BCUT2D eigenvalue weighted by Gasteiger charge is -2.14. The Morgan fingerprint density at radius 1 is 0.897 bits per heavy atom. The number of pyridine rings is 1. The molecule has 1 heterocycles. The fourth-order valence-corrected chi connectivity index (χ4v) is 2.67. The highest BCUT2D eigenvalue weighted by Gasteiger charge is 2.18. The molecule has 0 saturated heterocycles. The average Bonchev–Trinajstić information content (AvgIpc) is 2.75. The Bertz CT molecular complexity index is 991. The van der Waals surface area contributed by atoms with Crippen LogP contribution in [-0.2, 0) is 0 Å². The first kappa shape index (κ1) is 20.3. The van der Waals surface area contributed by atoms with E-state index >= 15 is 0 Å². The highest BCUT2D eigenvalue weighted by atomic mass is 35.5. The largest absolute Gasteiger partial charge is 0.496 e. The van der Waals surface area contributed by atoms with Gasteiger partial charge in [-0.1, -0.05) is 11.6 Å². The molecule has 0 unspecified atom stereocenters. The van der Waals surface area contributed by atoms with E-state index in [0.29, 0.717) is 45.2 Å². The number of hydrogen-bond donors (Lipinski definition) is 1. The number of ether oxygens (including phenoxy) is 4. The summed E-state index contributed by atoms with van der Waals surface area (Å²) in [6, 6.07) is 13.4. The number of anilines is 1. The van der Waals surface area contributed by atoms with Crippen molar-refractivity contribution in [3.63, 3.8) is 0 Å². The zero-order valence-corrected chi connectivity index (χ0v) is 16.8. The number of rotatable bonds is 7. The molecule has 3 rings (SSSR count). The van der Waals surface area contributed by atoms with Crippen LogP contribution in [0.15, 0.2) is 54.7 Å². The van der Waals surface area contributed by atoms with Gasteiger partial charge in [0.25, 0.3) is 5.91 Å². The van der Waals surface area contributed by atoms with Crippen LogP contribution in [0.3, 0.4) is 0 Å². The molecule has 150 valence electrons. The van der Waals surface area contributed by atoms with Gasteiger partial charge in [-0.15, -0.1) is 0 Å². The Labute approximate surface area is 173 Å². The topological polar surface area (TPSA) is 78.9 Å². The fourth-order valence-electron chi connectivity index (χ4n) is 2.54. The lowest BCUT2D eigenvalue weighted by molar-refractivity contribution is 0.102. The molecule has 0 atom stereocenters. The van der Waals surface area contributed by atoms with Crippen LogP contribution in [0, 0.1) is 0 Å². The second-order valence-electron chi connectivity index (χ2n) is 5.80. The number of benzene rings is 2. The van der Waals surface area contributed by atoms with E-state index in [0.717, 1.165) is 0 Å². The summed E-state index contributed by atoms with van der Waals surface area (Å²) in [7, 11) is 4.48. The van der Waals surface area contributed by atoms with Crippen molar-refractivity contribution in [3.05, 3.63) is 65.3 Å². The number of hydrogen-bond acceptors (Lipinski definition) is 6. The molecular weight excluding hydrogens is 396 g/mol. The van der Waals surface area contributed by atoms with Gasteiger partial charge in [0.05, 0.1) is 38.8 Å². The van der Waals surface area contributed by atoms with Crippen molar-refractivity contribution in [3.8, 4) is 28.9 Å². The van der Waals surface area contributed by atoms with Crippen LogP contribution in [0.2, 0.25) is 5.02 Å². The molecule has 29 heavy (non-hydrogen) atoms. The van der Waals surface area contributed by atoms with Crippen molar-refractivity contribution in [1.29, 1.82) is 0 Å². The maximum atomic E-state index is 12.7. The van der Waals surface area contributed by atoms with Gasteiger partial charge in [0.2, 0.25) is 5.88 Å². The maximum absolute atomic E-state index is 12.7. The van der Waals surface area contributed by atoms with E-state index in [1.165, 1.54) is 27.5 Å². The van der Waals surface area contributed by atoms with Crippen molar-refractivity contribution >= 4 is 23.2 Å². The third kappa shape index (κ3) is 4.89. The first-order valence-electron chi connectivity index (χ1n) is 8.55. The number of halogens is 1. The molecule has 7 nitrogen and oxygen atoms in total. The highest BCUT2D eigenvalue weighted by Crippen LogP contribution is 2.35. The van der Waals surface area contributed by atoms with Gasteiger partial charge in [-0.05, 0) is 30.3 Å². The van der Waals surface area contributed by atoms with Crippen LogP contribution in [0.5, 0.6) is 28.9 Å². The molecule has 0 aliphatic heterocycles. The monoisotopic (exact) mass is 414 g/mol. The van der Waals surface area contributed by atoms with Crippen LogP contribution in [0.1, 0.15) is 10.4 Å². The Hall–Kier alpha value is -3.45. The normalized spacial score (nSPS) is 10.2. The minimum absolute atomic E-state index is 0.298. The van der Waals surface area contributed by atoms with Crippen molar-refractivity contribution in [2.45, 2.75) is 0 Å². The third-order valence-electron chi connectivity index (χ3n) is 3.98. The second-order valence-corrected chi connectivity index (χ2v) is 6.24. The van der Waals surface area contributed by atoms with Gasteiger partial charge in [0, 0.05) is 23.2 Å². The molecule has 1 amide bonds. The van der Waals surface area contributed by atoms with Gasteiger partial charge in [-0.2, -0.15) is 0 Å². The van der Waals surface area contributed by atoms with Crippen molar-refractivity contribution in [1.82, 2.24) is 4.98 Å². The summed E-state index contributed by atoms with van der Waals surface area (Å²) in [5.74, 6) is 1.85. The lowest BCUT2D eigenvalue weighted by Crippen LogP contribution is -2.14. The van der Waals surface area contributed by atoms with E-state index in [4.69, 9.17) is 30.5 Å². The lowest BCUT2D eigenvalue weighted by atomic mass is 10.1. The Morgan fingerprint density at radius 3 is 2.14 bits per heavy atom. The van der Waals surface area contributed by atoms with E-state index in [1.54, 1.807) is 48.5 Å². The first-order valence-corrected chi connectivity index (χ1v) is 8.92. The molecule has 8 heteroatoms. The summed E-state index contributed by atoms with van der Waals surface area (Å²) in [5.41, 5.74) is 0.793. The molecule has 3 aromatic rings. The van der Waals surface area contributed by atoms with Gasteiger partial charge in [0.15, 0.2) is 11.5 Å². The van der Waals surface area contributed by atoms with Crippen molar-refractivity contribution in [2.24, 2.45) is 0 Å². The summed E-state index contributed by atoms with van der Waals surface area (Å²) in [5, 5.41) is 3.39. The molecule has 0 bridgehead atoms. The summed E-state index contributed by atoms with van der Waals surface area (Å²) in [6.07, 6.45) is 1.50. The first-order chi connectivity index (χ1) is 14.0. The second kappa shape index (κ2) is 9.16. The zero-order valence-electron chi connectivity index (χ0n) is 16.1. The number of methoxy groups -OCH3 is 3. The number of carbonyl (C=O) groups is 1. The summed E-state index contributed by atoms with van der Waals surface area (Å²) < 4.78 is 21.4. The maximum Gasteiger partial charge on any atom is 0.259 e. The Kier molecular flexibility index (Phi) is 6.41. The van der Waals surface area contributed by atoms with E-state index in [2.05, 4.69) is 10.3 Å². The zero-order chi connectivity index (χ0) is 20.8. The van der Waals surface area contributed by atoms with E-state index in [-0.39, 0.29) is 5.91 Å². The molecule has 0 saturated carbocycles. The minimum Gasteiger partial charge on any atom is -0.496 e. The van der Waals surface area contributed by atoms with Gasteiger partial charge < -0.3 is 24.3 Å². The quantitative estimate of drug-likeness (QED) is 0.598. The number of nitrogens with zero attached hydrogens (tertiary/aromatic N) is 1. The van der Waals surface area contributed by atoms with Crippen LogP contribution in [-0.4, -0.2) is 32.2 Å². The molecule has 1 N–H and O–H groups in total. The van der Waals surface area contributed by atoms with Gasteiger partial charge in [-0.3, -0.25) is 4.79 Å². The summed E-state index contributed by atoms with van der Waals surface area (Å²) in [6.45, 7) is 0. The smallest absolute Gasteiger partial charge is 0.259 e. The van der Waals surface area contributed by atoms with Crippen LogP contribution in [0.4, 0.5) is 5.69 Å². The number of aromatic nitrogens is 1. The van der Waals surface area contributed by atoms with E-state index in [9.17, 15) is 4.79 Å². The highest BCUT2D eigenvalue weighted by molar-refractivity contribution is 6.30. The molecule has 0 fully saturated rings. The average molecular weight is 415 g/mol. The minimum atomic E-state index is -0.379. The van der Waals surface area contributed by atoms with Gasteiger partial charge in [-0.25, -0.2) is 4.98 Å². The van der Waals surface area contributed by atoms with E-state index < -0.39 is 0 Å². The predicted octanol–water partition coefficient (Wildman–Crippen LogP) is 4.81. The third-order valence-corrected chi connectivity index (χ3v) is 4.23. The van der Waals surface area contributed by atoms with Crippen LogP contribution < -0.4 is 24.3 Å². The number of nitrogens with one attached hydrogen (secondary N) is 1. The van der Waals surface area contributed by atoms with Gasteiger partial charge in [0.1, 0.15) is 11.5 Å². The molecule has 2 aromatic carbocycles. The molecule has 1 aromatic heterocycles. The fraction of sp³-hybridized carbons (Fsp3) is 0.143. The van der Waals surface area contributed by atoms with Gasteiger partial charge >= 0.3 is 0 Å². The van der Waals surface area contributed by atoms with Crippen LogP contribution >= 0.6 is 11.6 Å². The number of amides is 1. The molecule has 0 aliphatic carbocycles. The standard InChI is InChI=1S/C21H19ClN2O5/c1-26-17-11-19(28-3)18(27-2)10-16(17)21(25)24-14-6-9-20(23-12-14)29-15-7-4-13(22)5-8-15/h4-12H,1-3H3,(H,24,25). The summed E-state index contributed by atoms with van der Waals surface area (Å²) >= 11 is 5.86. The summed E-state index contributed by atoms with van der Waals surface area (Å²) in [4.78, 5) is 16.9. The molecule has 0 spiro atoms. The van der Waals surface area contributed by atoms with Crippen LogP contribution in [0.25, 0.3) is 0 Å². The Balaban J connectivity index is 1.74. The number of carbonyl (C=O) groups excluding carboxylic acids is 1. The SMILES string of the molecule is COc1cc(OC)c(C(=O)Nc2ccc(Oc3ccc(Cl)cc3)nc2)cc1OC. The molecule has 0 radical (unpaired) electrons. The van der Waals surface area contributed by atoms with Crippen molar-refractivity contribution < 1.29 is 23.7 Å². The Morgan fingerprint density at radius 2 is 1.55 bits per heavy atom. The van der Waals surface area contributed by atoms with Crippen molar-refractivity contribution in [2.75, 3.05) is 26.6 Å². The molecule has 0 aliphatic rings. The van der Waals surface area contributed by atoms with E-state index in [1.807, 2.05) is 0 Å². The molecular formula is C21H19ClN2O5. The predicted molar refractivity (Wildman–Crippen MR) is 110 cm³/mol.